The van der Waals surface area contributed by atoms with Gasteiger partial charge in [0.25, 0.3) is 0 Å². The lowest BCUT2D eigenvalue weighted by Gasteiger charge is -2.22. The Morgan fingerprint density at radius 2 is 1.45 bits per heavy atom. The van der Waals surface area contributed by atoms with Crippen molar-refractivity contribution in [3.05, 3.63) is 59.7 Å². The van der Waals surface area contributed by atoms with E-state index in [0.29, 0.717) is 6.54 Å². The summed E-state index contributed by atoms with van der Waals surface area (Å²) in [5, 5.41) is 9.30. The highest BCUT2D eigenvalue weighted by atomic mass is 16.5. The molecule has 2 rings (SSSR count). The van der Waals surface area contributed by atoms with E-state index in [1.54, 1.807) is 14.2 Å². The van der Waals surface area contributed by atoms with Gasteiger partial charge >= 0.3 is 0 Å². The Morgan fingerprint density at radius 1 is 0.864 bits per heavy atom. The number of rotatable bonds is 8. The van der Waals surface area contributed by atoms with Crippen LogP contribution in [-0.4, -0.2) is 37.4 Å². The summed E-state index contributed by atoms with van der Waals surface area (Å²) >= 11 is 0. The summed E-state index contributed by atoms with van der Waals surface area (Å²) in [6.45, 7) is 2.27. The Labute approximate surface area is 131 Å². The van der Waals surface area contributed by atoms with E-state index in [9.17, 15) is 5.11 Å². The van der Waals surface area contributed by atoms with Gasteiger partial charge in [-0.1, -0.05) is 30.3 Å². The summed E-state index contributed by atoms with van der Waals surface area (Å²) in [6.07, 6.45) is 0. The van der Waals surface area contributed by atoms with Crippen molar-refractivity contribution in [1.82, 2.24) is 4.90 Å². The van der Waals surface area contributed by atoms with Crippen molar-refractivity contribution >= 4 is 0 Å². The normalized spacial score (nSPS) is 10.7. The average molecular weight is 301 g/mol. The second-order valence-electron chi connectivity index (χ2n) is 5.14. The average Bonchev–Trinajstić information content (AvgIpc) is 2.55. The third-order valence-electron chi connectivity index (χ3n) is 3.48. The highest BCUT2D eigenvalue weighted by Crippen LogP contribution is 2.23. The van der Waals surface area contributed by atoms with Gasteiger partial charge in [0, 0.05) is 25.7 Å². The van der Waals surface area contributed by atoms with Gasteiger partial charge in [-0.05, 0) is 23.3 Å². The van der Waals surface area contributed by atoms with E-state index in [1.165, 1.54) is 5.56 Å². The van der Waals surface area contributed by atoms with Crippen molar-refractivity contribution < 1.29 is 14.6 Å². The molecule has 0 aliphatic carbocycles. The Balaban J connectivity index is 2.13. The quantitative estimate of drug-likeness (QED) is 0.814. The van der Waals surface area contributed by atoms with E-state index in [1.807, 2.05) is 36.4 Å². The predicted octanol–water partition coefficient (Wildman–Crippen LogP) is 2.70. The summed E-state index contributed by atoms with van der Waals surface area (Å²) in [5.74, 6) is 1.55. The van der Waals surface area contributed by atoms with Crippen LogP contribution in [0.25, 0.3) is 0 Å². The molecule has 118 valence electrons. The fourth-order valence-electron chi connectivity index (χ4n) is 2.41. The van der Waals surface area contributed by atoms with Crippen LogP contribution >= 0.6 is 0 Å². The van der Waals surface area contributed by atoms with Crippen LogP contribution in [0.5, 0.6) is 11.5 Å². The van der Waals surface area contributed by atoms with Crippen LogP contribution < -0.4 is 9.47 Å². The van der Waals surface area contributed by atoms with Crippen LogP contribution in [0.2, 0.25) is 0 Å². The molecule has 4 heteroatoms. The van der Waals surface area contributed by atoms with Crippen molar-refractivity contribution in [3.8, 4) is 11.5 Å². The molecule has 0 heterocycles. The van der Waals surface area contributed by atoms with Crippen LogP contribution in [0, 0.1) is 0 Å². The van der Waals surface area contributed by atoms with Crippen molar-refractivity contribution in [2.45, 2.75) is 13.1 Å². The van der Waals surface area contributed by atoms with Gasteiger partial charge in [0.2, 0.25) is 0 Å². The molecule has 0 aliphatic heterocycles. The standard InChI is InChI=1S/C18H23NO3/c1-21-17-10-16(11-18(12-17)22-2)14-19(8-9-20)13-15-6-4-3-5-7-15/h3-7,10-12,20H,8-9,13-14H2,1-2H3. The third kappa shape index (κ3) is 4.76. The number of methoxy groups -OCH3 is 2. The maximum absolute atomic E-state index is 9.30. The number of hydrogen-bond donors (Lipinski definition) is 1. The molecule has 2 aromatic carbocycles. The van der Waals surface area contributed by atoms with Gasteiger partial charge in [-0.25, -0.2) is 0 Å². The van der Waals surface area contributed by atoms with Crippen molar-refractivity contribution in [1.29, 1.82) is 0 Å². The lowest BCUT2D eigenvalue weighted by Crippen LogP contribution is -2.26. The van der Waals surface area contributed by atoms with Crippen LogP contribution in [0.3, 0.4) is 0 Å². The molecular weight excluding hydrogens is 278 g/mol. The van der Waals surface area contributed by atoms with Crippen LogP contribution in [0.1, 0.15) is 11.1 Å². The molecule has 0 spiro atoms. The maximum atomic E-state index is 9.30. The zero-order valence-electron chi connectivity index (χ0n) is 13.2. The zero-order valence-corrected chi connectivity index (χ0v) is 13.2. The Bertz CT molecular complexity index is 550. The van der Waals surface area contributed by atoms with Gasteiger partial charge in [0.05, 0.1) is 20.8 Å². The van der Waals surface area contributed by atoms with Crippen molar-refractivity contribution in [2.24, 2.45) is 0 Å². The number of nitrogens with zero attached hydrogens (tertiary/aromatic N) is 1. The number of benzene rings is 2. The van der Waals surface area contributed by atoms with Gasteiger partial charge < -0.3 is 14.6 Å². The summed E-state index contributed by atoms with van der Waals surface area (Å²) in [7, 11) is 3.29. The minimum absolute atomic E-state index is 0.133. The van der Waals surface area contributed by atoms with E-state index in [0.717, 1.165) is 30.2 Å². The summed E-state index contributed by atoms with van der Waals surface area (Å²) in [5.41, 5.74) is 2.33. The molecule has 0 bridgehead atoms. The first-order chi connectivity index (χ1) is 10.7. The summed E-state index contributed by atoms with van der Waals surface area (Å²) in [6, 6.07) is 16.1. The van der Waals surface area contributed by atoms with Gasteiger partial charge in [-0.2, -0.15) is 0 Å². The molecule has 0 unspecified atom stereocenters. The first-order valence-corrected chi connectivity index (χ1v) is 7.34. The number of hydrogen-bond acceptors (Lipinski definition) is 4. The fraction of sp³-hybridized carbons (Fsp3) is 0.333. The number of aliphatic hydroxyl groups is 1. The lowest BCUT2D eigenvalue weighted by molar-refractivity contribution is 0.184. The minimum Gasteiger partial charge on any atom is -0.497 e. The molecule has 0 saturated heterocycles. The smallest absolute Gasteiger partial charge is 0.122 e. The Hall–Kier alpha value is -2.04. The molecule has 0 fully saturated rings. The molecular formula is C18H23NO3. The topological polar surface area (TPSA) is 41.9 Å². The van der Waals surface area contributed by atoms with E-state index >= 15 is 0 Å². The van der Waals surface area contributed by atoms with Gasteiger partial charge in [0.1, 0.15) is 11.5 Å². The fourth-order valence-corrected chi connectivity index (χ4v) is 2.41. The second-order valence-corrected chi connectivity index (χ2v) is 5.14. The van der Waals surface area contributed by atoms with Crippen molar-refractivity contribution in [2.75, 3.05) is 27.4 Å². The molecule has 0 radical (unpaired) electrons. The van der Waals surface area contributed by atoms with E-state index in [4.69, 9.17) is 9.47 Å². The molecule has 1 N–H and O–H groups in total. The molecule has 0 aromatic heterocycles. The van der Waals surface area contributed by atoms with E-state index in [-0.39, 0.29) is 6.61 Å². The van der Waals surface area contributed by atoms with Crippen molar-refractivity contribution in [3.63, 3.8) is 0 Å². The molecule has 22 heavy (non-hydrogen) atoms. The SMILES string of the molecule is COc1cc(CN(CCO)Cc2ccccc2)cc(OC)c1. The Morgan fingerprint density at radius 3 is 2.00 bits per heavy atom. The zero-order chi connectivity index (χ0) is 15.8. The van der Waals surface area contributed by atoms with Gasteiger partial charge in [-0.3, -0.25) is 4.90 Å². The molecule has 4 nitrogen and oxygen atoms in total. The third-order valence-corrected chi connectivity index (χ3v) is 3.48. The van der Waals surface area contributed by atoms with Crippen LogP contribution in [0.15, 0.2) is 48.5 Å². The second kappa shape index (κ2) is 8.41. The van der Waals surface area contributed by atoms with Crippen LogP contribution in [-0.2, 0) is 13.1 Å². The molecule has 2 aromatic rings. The largest absolute Gasteiger partial charge is 0.497 e. The predicted molar refractivity (Wildman–Crippen MR) is 87.2 cm³/mol. The maximum Gasteiger partial charge on any atom is 0.122 e. The Kier molecular flexibility index (Phi) is 6.25. The minimum atomic E-state index is 0.133. The first kappa shape index (κ1) is 16.3. The van der Waals surface area contributed by atoms with Gasteiger partial charge in [0.15, 0.2) is 0 Å². The number of ether oxygens (including phenoxy) is 2. The monoisotopic (exact) mass is 301 g/mol. The summed E-state index contributed by atoms with van der Waals surface area (Å²) in [4.78, 5) is 2.20. The van der Waals surface area contributed by atoms with Gasteiger partial charge in [-0.15, -0.1) is 0 Å². The highest BCUT2D eigenvalue weighted by molar-refractivity contribution is 5.38. The highest BCUT2D eigenvalue weighted by Gasteiger charge is 2.09. The molecule has 0 saturated carbocycles. The first-order valence-electron chi connectivity index (χ1n) is 7.34. The van der Waals surface area contributed by atoms with E-state index < -0.39 is 0 Å². The summed E-state index contributed by atoms with van der Waals surface area (Å²) < 4.78 is 10.6. The molecule has 0 atom stereocenters. The molecule has 0 amide bonds. The molecule has 0 aliphatic rings. The number of aliphatic hydroxyl groups excluding tert-OH is 1. The van der Waals surface area contributed by atoms with E-state index in [2.05, 4.69) is 17.0 Å². The van der Waals surface area contributed by atoms with Crippen LogP contribution in [0.4, 0.5) is 0 Å². The lowest BCUT2D eigenvalue weighted by atomic mass is 10.1.